The van der Waals surface area contributed by atoms with E-state index >= 15 is 0 Å². The second-order valence-corrected chi connectivity index (χ2v) is 7.64. The van der Waals surface area contributed by atoms with Crippen LogP contribution in [0.25, 0.3) is 0 Å². The van der Waals surface area contributed by atoms with E-state index in [-0.39, 0.29) is 11.9 Å². The van der Waals surface area contributed by atoms with Gasteiger partial charge in [0.2, 0.25) is 5.91 Å². The predicted octanol–water partition coefficient (Wildman–Crippen LogP) is 1.90. The van der Waals surface area contributed by atoms with Gasteiger partial charge in [-0.25, -0.2) is 0 Å². The van der Waals surface area contributed by atoms with Crippen molar-refractivity contribution >= 4 is 11.9 Å². The number of aryl methyl sites for hydroxylation is 1. The maximum Gasteiger partial charge on any atom is 0.234 e. The fraction of sp³-hybridized carbons (Fsp3) is 0.636. The molecule has 0 aliphatic carbocycles. The van der Waals surface area contributed by atoms with Gasteiger partial charge in [0.15, 0.2) is 5.96 Å². The van der Waals surface area contributed by atoms with Crippen LogP contribution < -0.4 is 10.6 Å². The van der Waals surface area contributed by atoms with Crippen LogP contribution in [0.3, 0.4) is 0 Å². The van der Waals surface area contributed by atoms with E-state index in [0.29, 0.717) is 6.54 Å². The van der Waals surface area contributed by atoms with Crippen molar-refractivity contribution in [2.45, 2.75) is 46.6 Å². The monoisotopic (exact) mass is 387 g/mol. The first-order valence-corrected chi connectivity index (χ1v) is 10.6. The van der Waals surface area contributed by atoms with Crippen LogP contribution in [0.15, 0.2) is 29.3 Å². The normalized spacial score (nSPS) is 15.8. The molecule has 0 unspecified atom stereocenters. The van der Waals surface area contributed by atoms with E-state index in [1.54, 1.807) is 0 Å². The number of carbonyl (C=O) groups excluding carboxylic acids is 1. The number of rotatable bonds is 8. The van der Waals surface area contributed by atoms with Gasteiger partial charge < -0.3 is 15.5 Å². The van der Waals surface area contributed by atoms with E-state index in [9.17, 15) is 4.79 Å². The maximum atomic E-state index is 12.0. The van der Waals surface area contributed by atoms with Crippen LogP contribution in [0.2, 0.25) is 0 Å². The van der Waals surface area contributed by atoms with Gasteiger partial charge in [-0.15, -0.1) is 0 Å². The van der Waals surface area contributed by atoms with E-state index in [0.717, 1.165) is 58.1 Å². The van der Waals surface area contributed by atoms with Gasteiger partial charge in [-0.1, -0.05) is 31.2 Å². The van der Waals surface area contributed by atoms with Crippen LogP contribution in [0.1, 0.15) is 38.8 Å². The van der Waals surface area contributed by atoms with Crippen molar-refractivity contribution in [1.82, 2.24) is 20.4 Å². The van der Waals surface area contributed by atoms with Gasteiger partial charge in [0, 0.05) is 45.3 Å². The molecular weight excluding hydrogens is 350 g/mol. The first-order chi connectivity index (χ1) is 13.5. The Kier molecular flexibility index (Phi) is 9.28. The van der Waals surface area contributed by atoms with Crippen molar-refractivity contribution in [1.29, 1.82) is 0 Å². The number of carbonyl (C=O) groups is 1. The molecule has 0 saturated carbocycles. The summed E-state index contributed by atoms with van der Waals surface area (Å²) < 4.78 is 0. The second kappa shape index (κ2) is 11.7. The molecule has 1 aromatic rings. The molecule has 6 nitrogen and oxygen atoms in total. The van der Waals surface area contributed by atoms with E-state index in [1.807, 2.05) is 13.8 Å². The Morgan fingerprint density at radius 1 is 1.07 bits per heavy atom. The van der Waals surface area contributed by atoms with E-state index in [2.05, 4.69) is 58.5 Å². The van der Waals surface area contributed by atoms with Crippen LogP contribution in [-0.2, 0) is 17.6 Å². The third kappa shape index (κ3) is 7.50. The summed E-state index contributed by atoms with van der Waals surface area (Å²) in [5.41, 5.74) is 2.71. The summed E-state index contributed by atoms with van der Waals surface area (Å²) in [7, 11) is 0. The minimum absolute atomic E-state index is 0.109. The van der Waals surface area contributed by atoms with Gasteiger partial charge >= 0.3 is 0 Å². The minimum Gasteiger partial charge on any atom is -0.357 e. The third-order valence-electron chi connectivity index (χ3n) is 4.92. The van der Waals surface area contributed by atoms with Gasteiger partial charge in [-0.3, -0.25) is 14.7 Å². The zero-order valence-electron chi connectivity index (χ0n) is 18.0. The Hall–Kier alpha value is -2.08. The lowest BCUT2D eigenvalue weighted by molar-refractivity contribution is -0.123. The molecule has 6 heteroatoms. The Morgan fingerprint density at radius 3 is 2.29 bits per heavy atom. The predicted molar refractivity (Wildman–Crippen MR) is 117 cm³/mol. The molecule has 0 atom stereocenters. The molecule has 1 aliphatic rings. The smallest absolute Gasteiger partial charge is 0.234 e. The first-order valence-electron chi connectivity index (χ1n) is 10.6. The first kappa shape index (κ1) is 22.2. The van der Waals surface area contributed by atoms with Crippen molar-refractivity contribution in [3.05, 3.63) is 35.4 Å². The Labute approximate surface area is 170 Å². The van der Waals surface area contributed by atoms with Crippen LogP contribution in [0.5, 0.6) is 0 Å². The number of nitrogens with zero attached hydrogens (tertiary/aromatic N) is 3. The lowest BCUT2D eigenvalue weighted by Crippen LogP contribution is -2.54. The Morgan fingerprint density at radius 2 is 1.71 bits per heavy atom. The molecule has 28 heavy (non-hydrogen) atoms. The summed E-state index contributed by atoms with van der Waals surface area (Å²) in [5, 5.41) is 6.38. The van der Waals surface area contributed by atoms with Crippen molar-refractivity contribution < 1.29 is 4.79 Å². The molecule has 0 aromatic heterocycles. The summed E-state index contributed by atoms with van der Waals surface area (Å²) in [4.78, 5) is 21.3. The average molecular weight is 388 g/mol. The van der Waals surface area contributed by atoms with Gasteiger partial charge in [0.1, 0.15) is 0 Å². The van der Waals surface area contributed by atoms with Crippen molar-refractivity contribution in [3.8, 4) is 0 Å². The third-order valence-corrected chi connectivity index (χ3v) is 4.92. The molecule has 2 rings (SSSR count). The molecular formula is C22H37N5O. The van der Waals surface area contributed by atoms with Crippen LogP contribution in [-0.4, -0.2) is 73.5 Å². The minimum atomic E-state index is 0.109. The Balaban J connectivity index is 1.82. The van der Waals surface area contributed by atoms with E-state index < -0.39 is 0 Å². The SMILES string of the molecule is CCNC(=NCCc1ccc(CC)cc1)N1CCN(CC(=O)NC(C)C)CC1. The fourth-order valence-electron chi connectivity index (χ4n) is 3.35. The summed E-state index contributed by atoms with van der Waals surface area (Å²) in [6, 6.07) is 9.03. The lowest BCUT2D eigenvalue weighted by atomic mass is 10.1. The maximum absolute atomic E-state index is 12.0. The summed E-state index contributed by atoms with van der Waals surface area (Å²) in [5.74, 6) is 1.09. The van der Waals surface area contributed by atoms with E-state index in [1.165, 1.54) is 11.1 Å². The fourth-order valence-corrected chi connectivity index (χ4v) is 3.35. The highest BCUT2D eigenvalue weighted by Crippen LogP contribution is 2.07. The number of amides is 1. The summed E-state index contributed by atoms with van der Waals surface area (Å²) in [6.07, 6.45) is 2.03. The van der Waals surface area contributed by atoms with Crippen LogP contribution >= 0.6 is 0 Å². The Bertz CT molecular complexity index is 618. The molecule has 0 bridgehead atoms. The highest BCUT2D eigenvalue weighted by molar-refractivity contribution is 5.80. The molecule has 1 heterocycles. The largest absolute Gasteiger partial charge is 0.357 e. The number of aliphatic imine (C=N–C) groups is 1. The zero-order valence-corrected chi connectivity index (χ0v) is 18.0. The highest BCUT2D eigenvalue weighted by Gasteiger charge is 2.21. The molecule has 1 amide bonds. The molecule has 1 aromatic carbocycles. The molecule has 2 N–H and O–H groups in total. The van der Waals surface area contributed by atoms with Crippen molar-refractivity contribution in [2.75, 3.05) is 45.8 Å². The van der Waals surface area contributed by atoms with Crippen molar-refractivity contribution in [2.24, 2.45) is 4.99 Å². The molecule has 0 radical (unpaired) electrons. The molecule has 156 valence electrons. The molecule has 1 saturated heterocycles. The van der Waals surface area contributed by atoms with Gasteiger partial charge in [0.05, 0.1) is 6.54 Å². The zero-order chi connectivity index (χ0) is 20.4. The number of hydrogen-bond donors (Lipinski definition) is 2. The van der Waals surface area contributed by atoms with Gasteiger partial charge in [-0.05, 0) is 44.7 Å². The second-order valence-electron chi connectivity index (χ2n) is 7.64. The summed E-state index contributed by atoms with van der Waals surface area (Å²) >= 11 is 0. The average Bonchev–Trinajstić information content (AvgIpc) is 2.68. The number of piperazine rings is 1. The van der Waals surface area contributed by atoms with Crippen LogP contribution in [0, 0.1) is 0 Å². The number of guanidine groups is 1. The van der Waals surface area contributed by atoms with Gasteiger partial charge in [0.25, 0.3) is 0 Å². The van der Waals surface area contributed by atoms with E-state index in [4.69, 9.17) is 4.99 Å². The summed E-state index contributed by atoms with van der Waals surface area (Å²) in [6.45, 7) is 13.9. The van der Waals surface area contributed by atoms with Crippen molar-refractivity contribution in [3.63, 3.8) is 0 Å². The topological polar surface area (TPSA) is 60.0 Å². The standard InChI is InChI=1S/C22H37N5O/c1-5-19-7-9-20(10-8-19)11-12-24-22(23-6-2)27-15-13-26(14-16-27)17-21(28)25-18(3)4/h7-10,18H,5-6,11-17H2,1-4H3,(H,23,24)(H,25,28). The number of hydrogen-bond acceptors (Lipinski definition) is 3. The quantitative estimate of drug-likeness (QED) is 0.528. The number of benzene rings is 1. The molecule has 0 spiro atoms. The van der Waals surface area contributed by atoms with Crippen LogP contribution in [0.4, 0.5) is 0 Å². The van der Waals surface area contributed by atoms with Gasteiger partial charge in [-0.2, -0.15) is 0 Å². The number of nitrogens with one attached hydrogen (secondary N) is 2. The highest BCUT2D eigenvalue weighted by atomic mass is 16.2. The molecule has 1 fully saturated rings. The lowest BCUT2D eigenvalue weighted by Gasteiger charge is -2.36. The molecule has 1 aliphatic heterocycles.